The molecule has 0 aliphatic carbocycles. The number of fused-ring (bicyclic) bond motifs is 1. The van der Waals surface area contributed by atoms with Crippen LogP contribution in [0.5, 0.6) is 11.5 Å². The molecule has 2 rings (SSSR count). The van der Waals surface area contributed by atoms with Crippen LogP contribution in [-0.2, 0) is 4.74 Å². The Labute approximate surface area is 95.7 Å². The Morgan fingerprint density at radius 3 is 2.94 bits per heavy atom. The van der Waals surface area contributed by atoms with Crippen LogP contribution in [0.4, 0.5) is 5.69 Å². The average molecular weight is 223 g/mol. The minimum absolute atomic E-state index is 0.0783. The normalized spacial score (nSPS) is 18.9. The fraction of sp³-hybridized carbons (Fsp3) is 0.500. The largest absolute Gasteiger partial charge is 0.494 e. The summed E-state index contributed by atoms with van der Waals surface area (Å²) in [4.78, 5) is 2.14. The first kappa shape index (κ1) is 11.1. The van der Waals surface area contributed by atoms with Crippen molar-refractivity contribution in [1.82, 2.24) is 0 Å². The van der Waals surface area contributed by atoms with Gasteiger partial charge in [0, 0.05) is 14.2 Å². The van der Waals surface area contributed by atoms with Gasteiger partial charge in [-0.3, -0.25) is 0 Å². The molecule has 1 heterocycles. The maximum Gasteiger partial charge on any atom is 0.147 e. The third-order valence-electron chi connectivity index (χ3n) is 2.69. The first-order valence-corrected chi connectivity index (χ1v) is 5.30. The van der Waals surface area contributed by atoms with E-state index in [2.05, 4.69) is 4.90 Å². The minimum Gasteiger partial charge on any atom is -0.494 e. The second-order valence-corrected chi connectivity index (χ2v) is 3.88. The molecule has 1 aliphatic heterocycles. The summed E-state index contributed by atoms with van der Waals surface area (Å²) >= 11 is 0. The Hall–Kier alpha value is -1.42. The molecule has 0 amide bonds. The van der Waals surface area contributed by atoms with Gasteiger partial charge in [0.15, 0.2) is 0 Å². The number of rotatable bonds is 3. The molecule has 0 unspecified atom stereocenters. The van der Waals surface area contributed by atoms with Gasteiger partial charge in [-0.25, -0.2) is 0 Å². The maximum atomic E-state index is 5.84. The van der Waals surface area contributed by atoms with Gasteiger partial charge >= 0.3 is 0 Å². The monoisotopic (exact) mass is 223 g/mol. The third-order valence-corrected chi connectivity index (χ3v) is 2.69. The Morgan fingerprint density at radius 1 is 1.44 bits per heavy atom. The van der Waals surface area contributed by atoms with Crippen molar-refractivity contribution in [2.45, 2.75) is 6.10 Å². The van der Waals surface area contributed by atoms with Crippen molar-refractivity contribution >= 4 is 5.69 Å². The summed E-state index contributed by atoms with van der Waals surface area (Å²) in [5.74, 6) is 1.70. The number of nitrogens with zero attached hydrogens (tertiary/aromatic N) is 1. The van der Waals surface area contributed by atoms with Crippen molar-refractivity contribution in [3.63, 3.8) is 0 Å². The molecule has 0 radical (unpaired) electrons. The van der Waals surface area contributed by atoms with Gasteiger partial charge in [0.1, 0.15) is 23.3 Å². The van der Waals surface area contributed by atoms with Gasteiger partial charge in [-0.2, -0.15) is 0 Å². The van der Waals surface area contributed by atoms with Crippen LogP contribution in [0.1, 0.15) is 0 Å². The van der Waals surface area contributed by atoms with Crippen molar-refractivity contribution in [3.8, 4) is 11.5 Å². The fourth-order valence-electron chi connectivity index (χ4n) is 2.02. The summed E-state index contributed by atoms with van der Waals surface area (Å²) in [6, 6.07) is 5.83. The first-order chi connectivity index (χ1) is 7.76. The molecule has 0 bridgehead atoms. The van der Waals surface area contributed by atoms with E-state index in [1.807, 2.05) is 25.2 Å². The van der Waals surface area contributed by atoms with Crippen molar-refractivity contribution in [2.75, 3.05) is 39.3 Å². The smallest absolute Gasteiger partial charge is 0.147 e. The number of ether oxygens (including phenoxy) is 3. The zero-order valence-corrected chi connectivity index (χ0v) is 9.90. The van der Waals surface area contributed by atoms with Crippen LogP contribution in [0.15, 0.2) is 18.2 Å². The quantitative estimate of drug-likeness (QED) is 0.777. The molecule has 4 nitrogen and oxygen atoms in total. The predicted molar refractivity (Wildman–Crippen MR) is 62.6 cm³/mol. The van der Waals surface area contributed by atoms with Gasteiger partial charge in [0.05, 0.1) is 20.3 Å². The lowest BCUT2D eigenvalue weighted by molar-refractivity contribution is 0.0798. The highest BCUT2D eigenvalue weighted by Crippen LogP contribution is 2.40. The molecule has 1 aromatic rings. The van der Waals surface area contributed by atoms with Crippen LogP contribution < -0.4 is 14.4 Å². The minimum atomic E-state index is 0.0783. The Bertz CT molecular complexity index is 367. The van der Waals surface area contributed by atoms with Crippen molar-refractivity contribution in [1.29, 1.82) is 0 Å². The standard InChI is InChI=1S/C12H17NO3/c1-13-7-9(8-14-2)16-11-6-4-5-10(15-3)12(11)13/h4-6,9H,7-8H2,1-3H3/t9-/m1/s1. The summed E-state index contributed by atoms with van der Waals surface area (Å²) in [7, 11) is 5.39. The van der Waals surface area contributed by atoms with Gasteiger partial charge in [-0.1, -0.05) is 6.07 Å². The molecule has 88 valence electrons. The van der Waals surface area contributed by atoms with Crippen molar-refractivity contribution in [2.24, 2.45) is 0 Å². The average Bonchev–Trinajstić information content (AvgIpc) is 2.28. The molecule has 0 saturated heterocycles. The number of benzene rings is 1. The number of methoxy groups -OCH3 is 2. The fourth-order valence-corrected chi connectivity index (χ4v) is 2.02. The van der Waals surface area contributed by atoms with Gasteiger partial charge in [-0.05, 0) is 12.1 Å². The molecule has 0 N–H and O–H groups in total. The van der Waals surface area contributed by atoms with E-state index in [4.69, 9.17) is 14.2 Å². The van der Waals surface area contributed by atoms with Gasteiger partial charge in [0.25, 0.3) is 0 Å². The Balaban J connectivity index is 2.30. The molecule has 0 fully saturated rings. The lowest BCUT2D eigenvalue weighted by atomic mass is 10.2. The molecule has 0 aromatic heterocycles. The van der Waals surface area contributed by atoms with Crippen LogP contribution in [0.2, 0.25) is 0 Å². The van der Waals surface area contributed by atoms with E-state index in [9.17, 15) is 0 Å². The van der Waals surface area contributed by atoms with E-state index < -0.39 is 0 Å². The molecule has 16 heavy (non-hydrogen) atoms. The summed E-state index contributed by atoms with van der Waals surface area (Å²) in [6.07, 6.45) is 0.0783. The van der Waals surface area contributed by atoms with Gasteiger partial charge in [-0.15, -0.1) is 0 Å². The summed E-state index contributed by atoms with van der Waals surface area (Å²) < 4.78 is 16.3. The number of para-hydroxylation sites is 1. The number of hydrogen-bond donors (Lipinski definition) is 0. The lowest BCUT2D eigenvalue weighted by Gasteiger charge is -2.34. The van der Waals surface area contributed by atoms with E-state index in [0.717, 1.165) is 23.7 Å². The predicted octanol–water partition coefficient (Wildman–Crippen LogP) is 1.54. The van der Waals surface area contributed by atoms with E-state index in [-0.39, 0.29) is 6.10 Å². The zero-order chi connectivity index (χ0) is 11.5. The summed E-state index contributed by atoms with van der Waals surface area (Å²) in [6.45, 7) is 1.40. The van der Waals surface area contributed by atoms with Crippen LogP contribution in [0.25, 0.3) is 0 Å². The number of hydrogen-bond acceptors (Lipinski definition) is 4. The summed E-state index contributed by atoms with van der Waals surface area (Å²) in [5.41, 5.74) is 1.01. The molecule has 0 spiro atoms. The highest BCUT2D eigenvalue weighted by atomic mass is 16.5. The highest BCUT2D eigenvalue weighted by Gasteiger charge is 2.25. The summed E-state index contributed by atoms with van der Waals surface area (Å²) in [5, 5.41) is 0. The van der Waals surface area contributed by atoms with E-state index in [1.54, 1.807) is 14.2 Å². The zero-order valence-electron chi connectivity index (χ0n) is 9.90. The number of anilines is 1. The van der Waals surface area contributed by atoms with E-state index in [1.165, 1.54) is 0 Å². The van der Waals surface area contributed by atoms with E-state index >= 15 is 0 Å². The van der Waals surface area contributed by atoms with Gasteiger partial charge in [0.2, 0.25) is 0 Å². The molecular weight excluding hydrogens is 206 g/mol. The Kier molecular flexibility index (Phi) is 3.19. The maximum absolute atomic E-state index is 5.84. The second kappa shape index (κ2) is 4.61. The highest BCUT2D eigenvalue weighted by molar-refractivity contribution is 5.68. The topological polar surface area (TPSA) is 30.9 Å². The van der Waals surface area contributed by atoms with Crippen molar-refractivity contribution < 1.29 is 14.2 Å². The van der Waals surface area contributed by atoms with Crippen LogP contribution in [-0.4, -0.2) is 40.5 Å². The van der Waals surface area contributed by atoms with Crippen LogP contribution in [0, 0.1) is 0 Å². The molecule has 1 aromatic carbocycles. The van der Waals surface area contributed by atoms with Crippen LogP contribution >= 0.6 is 0 Å². The Morgan fingerprint density at radius 2 is 2.25 bits per heavy atom. The second-order valence-electron chi connectivity index (χ2n) is 3.88. The number of likely N-dealkylation sites (N-methyl/N-ethyl adjacent to an activating group) is 1. The third kappa shape index (κ3) is 1.93. The van der Waals surface area contributed by atoms with Gasteiger partial charge < -0.3 is 19.1 Å². The van der Waals surface area contributed by atoms with Crippen LogP contribution in [0.3, 0.4) is 0 Å². The van der Waals surface area contributed by atoms with E-state index in [0.29, 0.717) is 6.61 Å². The molecule has 0 saturated carbocycles. The molecular formula is C12H17NO3. The molecule has 1 atom stereocenters. The SMILES string of the molecule is COC[C@H]1CN(C)c2c(OC)cccc2O1. The molecule has 1 aliphatic rings. The lowest BCUT2D eigenvalue weighted by Crippen LogP contribution is -2.40. The van der Waals surface area contributed by atoms with Crippen molar-refractivity contribution in [3.05, 3.63) is 18.2 Å². The molecule has 4 heteroatoms. The first-order valence-electron chi connectivity index (χ1n) is 5.30.